The van der Waals surface area contributed by atoms with E-state index < -0.39 is 34.2 Å². The van der Waals surface area contributed by atoms with Crippen LogP contribution in [0.2, 0.25) is 0 Å². The van der Waals surface area contributed by atoms with E-state index in [2.05, 4.69) is 4.98 Å². The van der Waals surface area contributed by atoms with Gasteiger partial charge < -0.3 is 5.11 Å². The minimum Gasteiger partial charge on any atom is -0.507 e. The molecular weight excluding hydrogens is 485 g/mol. The van der Waals surface area contributed by atoms with Crippen molar-refractivity contribution in [2.75, 3.05) is 4.90 Å². The molecule has 8 nitrogen and oxygen atoms in total. The van der Waals surface area contributed by atoms with Gasteiger partial charge in [0.2, 0.25) is 0 Å². The van der Waals surface area contributed by atoms with Gasteiger partial charge in [0.15, 0.2) is 5.13 Å². The minimum absolute atomic E-state index is 0.127. The number of amides is 1. The maximum absolute atomic E-state index is 13.5. The molecule has 1 amide bonds. The predicted molar refractivity (Wildman–Crippen MR) is 133 cm³/mol. The summed E-state index contributed by atoms with van der Waals surface area (Å²) >= 11 is 1.20. The first-order valence-electron chi connectivity index (χ1n) is 11.0. The molecule has 2 heterocycles. The molecule has 0 bridgehead atoms. The molecule has 1 N–H and O–H groups in total. The fraction of sp³-hybridized carbons (Fsp3) is 0.115. The van der Waals surface area contributed by atoms with Gasteiger partial charge in [0, 0.05) is 17.7 Å². The first-order valence-corrected chi connectivity index (χ1v) is 11.8. The monoisotopic (exact) mass is 503 g/mol. The predicted octanol–water partition coefficient (Wildman–Crippen LogP) is 5.53. The first kappa shape index (κ1) is 23.3. The van der Waals surface area contributed by atoms with Crippen LogP contribution in [0, 0.1) is 15.9 Å². The molecule has 1 fully saturated rings. The van der Waals surface area contributed by atoms with Crippen LogP contribution in [0.4, 0.5) is 15.2 Å². The average Bonchev–Trinajstić information content (AvgIpc) is 3.41. The lowest BCUT2D eigenvalue weighted by atomic mass is 9.95. The molecule has 1 aliphatic rings. The van der Waals surface area contributed by atoms with Crippen LogP contribution in [-0.2, 0) is 16.0 Å². The van der Waals surface area contributed by atoms with Crippen LogP contribution in [-0.4, -0.2) is 26.7 Å². The topological polar surface area (TPSA) is 114 Å². The maximum atomic E-state index is 13.5. The van der Waals surface area contributed by atoms with Gasteiger partial charge in [0.1, 0.15) is 11.6 Å². The summed E-state index contributed by atoms with van der Waals surface area (Å²) in [5, 5.41) is 22.8. The molecule has 10 heteroatoms. The number of aromatic nitrogens is 1. The Balaban J connectivity index is 1.74. The largest absolute Gasteiger partial charge is 0.507 e. The smallest absolute Gasteiger partial charge is 0.301 e. The molecule has 1 atom stereocenters. The van der Waals surface area contributed by atoms with Crippen LogP contribution in [0.5, 0.6) is 0 Å². The van der Waals surface area contributed by atoms with Gasteiger partial charge in [-0.15, -0.1) is 0 Å². The zero-order chi connectivity index (χ0) is 25.6. The zero-order valence-corrected chi connectivity index (χ0v) is 19.7. The van der Waals surface area contributed by atoms with Gasteiger partial charge in [0.25, 0.3) is 11.5 Å². The summed E-state index contributed by atoms with van der Waals surface area (Å²) in [6.07, 6.45) is 0.805. The van der Waals surface area contributed by atoms with E-state index in [1.54, 1.807) is 0 Å². The second kappa shape index (κ2) is 8.97. The molecule has 3 aromatic carbocycles. The molecule has 1 saturated heterocycles. The summed E-state index contributed by atoms with van der Waals surface area (Å²) in [5.74, 6) is -2.95. The summed E-state index contributed by atoms with van der Waals surface area (Å²) in [7, 11) is 0. The van der Waals surface area contributed by atoms with Crippen LogP contribution in [0.3, 0.4) is 0 Å². The molecule has 0 radical (unpaired) electrons. The van der Waals surface area contributed by atoms with Gasteiger partial charge in [0.05, 0.1) is 26.8 Å². The Kier molecular flexibility index (Phi) is 5.81. The lowest BCUT2D eigenvalue weighted by Crippen LogP contribution is -2.29. The molecule has 1 aromatic heterocycles. The number of halogens is 1. The Morgan fingerprint density at radius 2 is 1.89 bits per heavy atom. The fourth-order valence-corrected chi connectivity index (χ4v) is 5.25. The molecule has 180 valence electrons. The number of carbonyl (C=O) groups is 2. The highest BCUT2D eigenvalue weighted by atomic mass is 32.1. The maximum Gasteiger partial charge on any atom is 0.301 e. The van der Waals surface area contributed by atoms with Crippen LogP contribution in [0.15, 0.2) is 72.3 Å². The third-order valence-corrected chi connectivity index (χ3v) is 7.03. The van der Waals surface area contributed by atoms with Crippen LogP contribution in [0.25, 0.3) is 16.0 Å². The van der Waals surface area contributed by atoms with Gasteiger partial charge in [-0.3, -0.25) is 24.6 Å². The number of nitro benzene ring substituents is 1. The van der Waals surface area contributed by atoms with Crippen LogP contribution in [0.1, 0.15) is 29.7 Å². The highest BCUT2D eigenvalue weighted by Crippen LogP contribution is 2.44. The summed E-state index contributed by atoms with van der Waals surface area (Å²) in [4.78, 5) is 43.1. The van der Waals surface area contributed by atoms with Crippen molar-refractivity contribution in [3.8, 4) is 0 Å². The summed E-state index contributed by atoms with van der Waals surface area (Å²) in [5.41, 5.74) is 1.58. The number of carbonyl (C=O) groups excluding carboxylic acids is 2. The second-order valence-corrected chi connectivity index (χ2v) is 9.19. The quantitative estimate of drug-likeness (QED) is 0.126. The summed E-state index contributed by atoms with van der Waals surface area (Å²) in [6, 6.07) is 14.9. The lowest BCUT2D eigenvalue weighted by molar-refractivity contribution is -0.384. The fourth-order valence-electron chi connectivity index (χ4n) is 4.20. The lowest BCUT2D eigenvalue weighted by Gasteiger charge is -2.22. The standard InChI is InChI=1S/C26H18FN3O5S/c1-2-14-6-11-19-20(12-14)36-26(28-19)29-22(16-4-3-5-18(13-16)30(34)35)21(24(32)25(29)33)23(31)15-7-9-17(27)10-8-15/h3-13,22,31H,2H2,1H3/b23-21+/t22-/m0/s1. The molecule has 1 aliphatic heterocycles. The Hall–Kier alpha value is -4.44. The van der Waals surface area contributed by atoms with Gasteiger partial charge in [-0.1, -0.05) is 36.5 Å². The molecule has 0 spiro atoms. The first-order chi connectivity index (χ1) is 17.3. The van der Waals surface area contributed by atoms with E-state index in [-0.39, 0.29) is 27.5 Å². The van der Waals surface area contributed by atoms with Gasteiger partial charge in [-0.05, 0) is 53.9 Å². The Morgan fingerprint density at radius 3 is 2.58 bits per heavy atom. The van der Waals surface area contributed by atoms with Crippen molar-refractivity contribution in [1.82, 2.24) is 4.98 Å². The van der Waals surface area contributed by atoms with Crippen molar-refractivity contribution < 1.29 is 24.0 Å². The number of non-ortho nitro benzene ring substituents is 1. The molecule has 0 unspecified atom stereocenters. The van der Waals surface area contributed by atoms with E-state index in [0.29, 0.717) is 5.52 Å². The van der Waals surface area contributed by atoms with Crippen molar-refractivity contribution in [3.05, 3.63) is 105 Å². The number of thiazole rings is 1. The highest BCUT2D eigenvalue weighted by molar-refractivity contribution is 7.22. The number of aryl methyl sites for hydroxylation is 1. The number of Topliss-reactive ketones (excluding diaryl/α,β-unsaturated/α-hetero) is 1. The van der Waals surface area contributed by atoms with Crippen molar-refractivity contribution in [2.45, 2.75) is 19.4 Å². The van der Waals surface area contributed by atoms with E-state index in [1.807, 2.05) is 25.1 Å². The van der Waals surface area contributed by atoms with Crippen molar-refractivity contribution in [2.24, 2.45) is 0 Å². The van der Waals surface area contributed by atoms with E-state index in [1.165, 1.54) is 47.7 Å². The van der Waals surface area contributed by atoms with E-state index in [0.717, 1.165) is 33.7 Å². The summed E-state index contributed by atoms with van der Waals surface area (Å²) < 4.78 is 14.3. The Bertz CT molecular complexity index is 1580. The number of aliphatic hydroxyl groups excluding tert-OH is 1. The van der Waals surface area contributed by atoms with Crippen molar-refractivity contribution >= 4 is 49.8 Å². The van der Waals surface area contributed by atoms with Gasteiger partial charge in [-0.25, -0.2) is 9.37 Å². The van der Waals surface area contributed by atoms with Crippen LogP contribution < -0.4 is 4.90 Å². The summed E-state index contributed by atoms with van der Waals surface area (Å²) in [6.45, 7) is 2.01. The number of nitro groups is 1. The molecule has 4 aromatic rings. The number of hydrogen-bond acceptors (Lipinski definition) is 7. The van der Waals surface area contributed by atoms with Gasteiger partial charge >= 0.3 is 5.91 Å². The van der Waals surface area contributed by atoms with E-state index >= 15 is 0 Å². The number of hydrogen-bond donors (Lipinski definition) is 1. The number of fused-ring (bicyclic) bond motifs is 1. The SMILES string of the molecule is CCc1ccc2nc(N3C(=O)C(=O)/C(=C(/O)c4ccc(F)cc4)[C@@H]3c3cccc([N+](=O)[O-])c3)sc2c1. The molecule has 0 aliphatic carbocycles. The Morgan fingerprint density at radius 1 is 1.14 bits per heavy atom. The average molecular weight is 504 g/mol. The number of nitrogens with zero attached hydrogens (tertiary/aromatic N) is 3. The third kappa shape index (κ3) is 3.91. The highest BCUT2D eigenvalue weighted by Gasteiger charge is 2.48. The zero-order valence-electron chi connectivity index (χ0n) is 18.8. The van der Waals surface area contributed by atoms with Crippen LogP contribution >= 0.6 is 11.3 Å². The minimum atomic E-state index is -1.18. The Labute approximate surface area is 208 Å². The molecular formula is C26H18FN3O5S. The number of ketones is 1. The van der Waals surface area contributed by atoms with Crippen molar-refractivity contribution in [3.63, 3.8) is 0 Å². The normalized spacial score (nSPS) is 17.2. The van der Waals surface area contributed by atoms with E-state index in [4.69, 9.17) is 0 Å². The molecule has 5 rings (SSSR count). The number of rotatable bonds is 5. The van der Waals surface area contributed by atoms with Crippen molar-refractivity contribution in [1.29, 1.82) is 0 Å². The molecule has 0 saturated carbocycles. The third-order valence-electron chi connectivity index (χ3n) is 6.01. The number of anilines is 1. The number of aliphatic hydroxyl groups is 1. The second-order valence-electron chi connectivity index (χ2n) is 8.18. The van der Waals surface area contributed by atoms with E-state index in [9.17, 15) is 29.2 Å². The number of benzene rings is 3. The molecule has 36 heavy (non-hydrogen) atoms. The van der Waals surface area contributed by atoms with Gasteiger partial charge in [-0.2, -0.15) is 0 Å².